The molecule has 5 rings (SSSR count). The Bertz CT molecular complexity index is 1420. The summed E-state index contributed by atoms with van der Waals surface area (Å²) in [5, 5.41) is 3.44. The fourth-order valence-electron chi connectivity index (χ4n) is 3.94. The van der Waals surface area contributed by atoms with Gasteiger partial charge in [0.1, 0.15) is 11.3 Å². The summed E-state index contributed by atoms with van der Waals surface area (Å²) in [6.07, 6.45) is 11.2. The van der Waals surface area contributed by atoms with Crippen molar-refractivity contribution < 1.29 is 4.79 Å². The van der Waals surface area contributed by atoms with Gasteiger partial charge in [-0.2, -0.15) is 0 Å². The number of benzene rings is 1. The molecule has 0 bridgehead atoms. The zero-order valence-corrected chi connectivity index (χ0v) is 18.0. The van der Waals surface area contributed by atoms with Crippen LogP contribution >= 0.6 is 0 Å². The molecule has 0 radical (unpaired) electrons. The first kappa shape index (κ1) is 20.4. The minimum absolute atomic E-state index is 0.275. The van der Waals surface area contributed by atoms with Gasteiger partial charge >= 0.3 is 0 Å². The number of carbonyl (C=O) groups excluding carboxylic acids is 1. The number of nitrogens with two attached hydrogens (primary N) is 1. The van der Waals surface area contributed by atoms with E-state index in [2.05, 4.69) is 38.2 Å². The number of carbonyl (C=O) groups is 1. The van der Waals surface area contributed by atoms with Gasteiger partial charge in [-0.25, -0.2) is 15.0 Å². The highest BCUT2D eigenvalue weighted by molar-refractivity contribution is 6.06. The molecule has 1 aromatic carbocycles. The third-order valence-electron chi connectivity index (χ3n) is 5.53. The van der Waals surface area contributed by atoms with Crippen LogP contribution in [0.4, 0.5) is 11.4 Å². The van der Waals surface area contributed by atoms with Crippen LogP contribution in [0.15, 0.2) is 67.6 Å². The van der Waals surface area contributed by atoms with E-state index in [0.717, 1.165) is 28.8 Å². The van der Waals surface area contributed by atoms with E-state index in [0.29, 0.717) is 29.2 Å². The van der Waals surface area contributed by atoms with Crippen LogP contribution in [0.5, 0.6) is 0 Å². The number of pyridine rings is 2. The van der Waals surface area contributed by atoms with Gasteiger partial charge in [-0.1, -0.05) is 19.1 Å². The maximum atomic E-state index is 12.3. The number of hydrogen-bond acceptors (Lipinski definition) is 6. The summed E-state index contributed by atoms with van der Waals surface area (Å²) in [6, 6.07) is 9.78. The van der Waals surface area contributed by atoms with Crippen molar-refractivity contribution in [2.24, 2.45) is 5.73 Å². The largest absolute Gasteiger partial charge is 0.365 e. The third kappa shape index (κ3) is 3.91. The van der Waals surface area contributed by atoms with E-state index in [1.54, 1.807) is 24.9 Å². The Morgan fingerprint density at radius 2 is 2.00 bits per heavy atom. The summed E-state index contributed by atoms with van der Waals surface area (Å²) in [7, 11) is 0. The number of aromatic nitrogens is 6. The number of rotatable bonds is 7. The van der Waals surface area contributed by atoms with Crippen LogP contribution < -0.4 is 11.1 Å². The topological polar surface area (TPSA) is 127 Å². The minimum atomic E-state index is -0.576. The third-order valence-corrected chi connectivity index (χ3v) is 5.53. The Balaban J connectivity index is 1.61. The van der Waals surface area contributed by atoms with Gasteiger partial charge in [0, 0.05) is 48.8 Å². The molecule has 0 aliphatic rings. The zero-order chi connectivity index (χ0) is 22.8. The first-order valence-electron chi connectivity index (χ1n) is 10.6. The van der Waals surface area contributed by atoms with Crippen molar-refractivity contribution in [1.29, 1.82) is 0 Å². The SMILES string of the molecule is CCc1c(Cn2ccnc2)cccc1Nc1c(C(N)=O)cnc2[nH]c(-c3ccncc3)nc12. The van der Waals surface area contributed by atoms with Crippen LogP contribution in [0.1, 0.15) is 28.4 Å². The van der Waals surface area contributed by atoms with Gasteiger partial charge < -0.3 is 20.6 Å². The van der Waals surface area contributed by atoms with Gasteiger partial charge in [-0.3, -0.25) is 9.78 Å². The van der Waals surface area contributed by atoms with Crippen molar-refractivity contribution in [3.8, 4) is 11.4 Å². The molecule has 0 aliphatic carbocycles. The lowest BCUT2D eigenvalue weighted by Crippen LogP contribution is -2.14. The summed E-state index contributed by atoms with van der Waals surface area (Å²) in [4.78, 5) is 32.8. The molecule has 9 heteroatoms. The van der Waals surface area contributed by atoms with Gasteiger partial charge in [0.25, 0.3) is 5.91 Å². The normalized spacial score (nSPS) is 11.1. The molecular weight excluding hydrogens is 416 g/mol. The molecule has 33 heavy (non-hydrogen) atoms. The number of amides is 1. The Morgan fingerprint density at radius 1 is 1.15 bits per heavy atom. The molecule has 0 unspecified atom stereocenters. The first-order valence-corrected chi connectivity index (χ1v) is 10.6. The summed E-state index contributed by atoms with van der Waals surface area (Å²) < 4.78 is 2.02. The van der Waals surface area contributed by atoms with Crippen LogP contribution in [0, 0.1) is 0 Å². The molecule has 4 heterocycles. The highest BCUT2D eigenvalue weighted by Gasteiger charge is 2.19. The van der Waals surface area contributed by atoms with Crippen molar-refractivity contribution in [1.82, 2.24) is 29.5 Å². The van der Waals surface area contributed by atoms with E-state index >= 15 is 0 Å². The number of primary amides is 1. The summed E-state index contributed by atoms with van der Waals surface area (Å²) >= 11 is 0. The number of imidazole rings is 2. The quantitative estimate of drug-likeness (QED) is 0.356. The number of H-pyrrole nitrogens is 1. The van der Waals surface area contributed by atoms with Gasteiger partial charge in [0.05, 0.1) is 17.6 Å². The van der Waals surface area contributed by atoms with E-state index < -0.39 is 5.91 Å². The highest BCUT2D eigenvalue weighted by Crippen LogP contribution is 2.32. The molecule has 164 valence electrons. The fraction of sp³-hybridized carbons (Fsp3) is 0.125. The second-order valence-electron chi connectivity index (χ2n) is 7.59. The molecule has 0 saturated carbocycles. The lowest BCUT2D eigenvalue weighted by molar-refractivity contribution is 0.100. The van der Waals surface area contributed by atoms with Gasteiger partial charge in [-0.15, -0.1) is 0 Å². The average molecular weight is 438 g/mol. The smallest absolute Gasteiger partial charge is 0.252 e. The van der Waals surface area contributed by atoms with Gasteiger partial charge in [0.15, 0.2) is 5.65 Å². The molecule has 4 N–H and O–H groups in total. The Morgan fingerprint density at radius 3 is 2.73 bits per heavy atom. The number of aromatic amines is 1. The van der Waals surface area contributed by atoms with E-state index in [4.69, 9.17) is 10.7 Å². The summed E-state index contributed by atoms with van der Waals surface area (Å²) in [6.45, 7) is 2.80. The minimum Gasteiger partial charge on any atom is -0.365 e. The van der Waals surface area contributed by atoms with Crippen LogP contribution in [-0.2, 0) is 13.0 Å². The van der Waals surface area contributed by atoms with E-state index in [-0.39, 0.29) is 5.56 Å². The van der Waals surface area contributed by atoms with Crippen LogP contribution in [-0.4, -0.2) is 35.4 Å². The zero-order valence-electron chi connectivity index (χ0n) is 18.0. The molecule has 5 aromatic rings. The Kier molecular flexibility index (Phi) is 5.27. The number of anilines is 2. The van der Waals surface area contributed by atoms with Gasteiger partial charge in [0.2, 0.25) is 0 Å². The number of nitrogens with zero attached hydrogens (tertiary/aromatic N) is 5. The second-order valence-corrected chi connectivity index (χ2v) is 7.59. The molecule has 0 aliphatic heterocycles. The molecule has 0 saturated heterocycles. The molecule has 4 aromatic heterocycles. The highest BCUT2D eigenvalue weighted by atomic mass is 16.1. The van der Waals surface area contributed by atoms with Crippen molar-refractivity contribution >= 4 is 28.4 Å². The average Bonchev–Trinajstić information content (AvgIpc) is 3.50. The molecule has 9 nitrogen and oxygen atoms in total. The van der Waals surface area contributed by atoms with Crippen molar-refractivity contribution in [2.75, 3.05) is 5.32 Å². The lowest BCUT2D eigenvalue weighted by atomic mass is 10.0. The predicted octanol–water partition coefficient (Wildman–Crippen LogP) is 3.67. The summed E-state index contributed by atoms with van der Waals surface area (Å²) in [5.41, 5.74) is 11.6. The molecule has 0 spiro atoms. The van der Waals surface area contributed by atoms with E-state index in [9.17, 15) is 4.79 Å². The van der Waals surface area contributed by atoms with E-state index in [1.807, 2.05) is 35.0 Å². The lowest BCUT2D eigenvalue weighted by Gasteiger charge is -2.17. The Labute approximate surface area is 189 Å². The van der Waals surface area contributed by atoms with Crippen molar-refractivity contribution in [3.63, 3.8) is 0 Å². The van der Waals surface area contributed by atoms with E-state index in [1.165, 1.54) is 6.20 Å². The standard InChI is InChI=1S/C24H22N8O/c1-2-17-16(13-32-11-10-27-14-32)4-3-5-19(17)29-20-18(22(25)33)12-28-24-21(20)30-23(31-24)15-6-8-26-9-7-15/h3-12,14H,2,13H2,1H3,(H2,25,33)(H2,28,29,30,31). The van der Waals surface area contributed by atoms with Crippen molar-refractivity contribution in [2.45, 2.75) is 19.9 Å². The molecular formula is C24H22N8O. The maximum absolute atomic E-state index is 12.3. The summed E-state index contributed by atoms with van der Waals surface area (Å²) in [5.74, 6) is 0.0575. The fourth-order valence-corrected chi connectivity index (χ4v) is 3.94. The number of fused-ring (bicyclic) bond motifs is 1. The van der Waals surface area contributed by atoms with Crippen LogP contribution in [0.2, 0.25) is 0 Å². The molecule has 0 fully saturated rings. The van der Waals surface area contributed by atoms with Crippen molar-refractivity contribution in [3.05, 3.63) is 84.3 Å². The van der Waals surface area contributed by atoms with Crippen LogP contribution in [0.25, 0.3) is 22.6 Å². The molecule has 0 atom stereocenters. The second kappa shape index (κ2) is 8.54. The maximum Gasteiger partial charge on any atom is 0.252 e. The number of hydrogen-bond donors (Lipinski definition) is 3. The first-order chi connectivity index (χ1) is 16.1. The van der Waals surface area contributed by atoms with Crippen LogP contribution in [0.3, 0.4) is 0 Å². The Hall–Kier alpha value is -4.53. The molecule has 1 amide bonds. The monoisotopic (exact) mass is 438 g/mol. The predicted molar refractivity (Wildman–Crippen MR) is 126 cm³/mol. The van der Waals surface area contributed by atoms with Gasteiger partial charge in [-0.05, 0) is 35.7 Å². The number of nitrogens with one attached hydrogen (secondary N) is 2.